The number of Topliss-reactive ketones (excluding diaryl/α,β-unsaturated/α-hetero) is 1. The van der Waals surface area contributed by atoms with E-state index in [-0.39, 0.29) is 35.4 Å². The summed E-state index contributed by atoms with van der Waals surface area (Å²) in [5, 5.41) is 11.0. The van der Waals surface area contributed by atoms with Crippen LogP contribution in [0, 0.1) is 22.0 Å². The van der Waals surface area contributed by atoms with Gasteiger partial charge in [-0.05, 0) is 36.3 Å². The molecule has 31 heavy (non-hydrogen) atoms. The van der Waals surface area contributed by atoms with E-state index in [1.54, 1.807) is 13.1 Å². The van der Waals surface area contributed by atoms with Crippen LogP contribution < -0.4 is 0 Å². The first-order chi connectivity index (χ1) is 14.9. The molecule has 8 heteroatoms. The molecule has 0 radical (unpaired) electrons. The minimum atomic E-state index is -0.853. The van der Waals surface area contributed by atoms with Crippen molar-refractivity contribution < 1.29 is 19.3 Å². The van der Waals surface area contributed by atoms with Crippen molar-refractivity contribution in [1.82, 2.24) is 9.80 Å². The van der Waals surface area contributed by atoms with E-state index < -0.39 is 28.8 Å². The maximum Gasteiger partial charge on any atom is 0.269 e. The average Bonchev–Trinajstić information content (AvgIpc) is 3.25. The average molecular weight is 417 g/mol. The molecule has 156 valence electrons. The van der Waals surface area contributed by atoms with E-state index in [9.17, 15) is 24.5 Å². The highest BCUT2D eigenvalue weighted by Crippen LogP contribution is 2.53. The second-order valence-electron chi connectivity index (χ2n) is 7.92. The van der Waals surface area contributed by atoms with E-state index in [1.165, 1.54) is 29.2 Å². The quantitative estimate of drug-likeness (QED) is 0.328. The Morgan fingerprint density at radius 3 is 2.39 bits per heavy atom. The Labute approximate surface area is 177 Å². The summed E-state index contributed by atoms with van der Waals surface area (Å²) in [7, 11) is 0. The number of ketones is 1. The van der Waals surface area contributed by atoms with Crippen molar-refractivity contribution in [3.63, 3.8) is 0 Å². The number of hydrogen-bond acceptors (Lipinski definition) is 6. The molecule has 2 unspecified atom stereocenters. The van der Waals surface area contributed by atoms with Gasteiger partial charge in [0.1, 0.15) is 6.04 Å². The van der Waals surface area contributed by atoms with Crippen LogP contribution in [-0.2, 0) is 9.59 Å². The molecule has 4 atom stereocenters. The molecule has 2 aromatic rings. The minimum Gasteiger partial charge on any atom is -0.358 e. The number of fused-ring (bicyclic) bond motifs is 5. The number of carbonyl (C=O) groups is 3. The molecule has 3 aliphatic rings. The third-order valence-electron chi connectivity index (χ3n) is 6.50. The number of non-ortho nitro benzene ring substituents is 1. The zero-order valence-corrected chi connectivity index (χ0v) is 16.7. The minimum absolute atomic E-state index is 0.116. The first-order valence-corrected chi connectivity index (χ1v) is 10.1. The number of benzene rings is 2. The van der Waals surface area contributed by atoms with Crippen molar-refractivity contribution in [1.29, 1.82) is 0 Å². The molecule has 3 heterocycles. The first kappa shape index (κ1) is 19.2. The van der Waals surface area contributed by atoms with E-state index in [0.717, 1.165) is 11.1 Å². The number of rotatable bonds is 4. The molecule has 5 rings (SSSR count). The lowest BCUT2D eigenvalue weighted by Crippen LogP contribution is -2.44. The molecular weight excluding hydrogens is 398 g/mol. The molecule has 2 saturated heterocycles. The van der Waals surface area contributed by atoms with Gasteiger partial charge in [-0.15, -0.1) is 0 Å². The summed E-state index contributed by atoms with van der Waals surface area (Å²) in [6, 6.07) is 11.8. The fraction of sp³-hybridized carbons (Fsp3) is 0.261. The molecular formula is C23H19N3O5. The first-order valence-electron chi connectivity index (χ1n) is 10.1. The summed E-state index contributed by atoms with van der Waals surface area (Å²) in [5.41, 5.74) is 2.03. The Morgan fingerprint density at radius 2 is 1.71 bits per heavy atom. The number of nitro groups is 1. The molecule has 2 amide bonds. The fourth-order valence-electron chi connectivity index (χ4n) is 5.15. The van der Waals surface area contributed by atoms with E-state index in [4.69, 9.17) is 0 Å². The Hall–Kier alpha value is -3.81. The van der Waals surface area contributed by atoms with E-state index >= 15 is 0 Å². The van der Waals surface area contributed by atoms with E-state index in [1.807, 2.05) is 35.2 Å². The summed E-state index contributed by atoms with van der Waals surface area (Å²) >= 11 is 0. The number of carbonyl (C=O) groups excluding carboxylic acids is 3. The third-order valence-corrected chi connectivity index (χ3v) is 6.50. The topological polar surface area (TPSA) is 101 Å². The van der Waals surface area contributed by atoms with Crippen LogP contribution >= 0.6 is 0 Å². The van der Waals surface area contributed by atoms with Crippen LogP contribution in [0.5, 0.6) is 0 Å². The van der Waals surface area contributed by atoms with Crippen LogP contribution in [0.25, 0.3) is 6.08 Å². The van der Waals surface area contributed by atoms with Crippen LogP contribution in [0.2, 0.25) is 0 Å². The summed E-state index contributed by atoms with van der Waals surface area (Å²) < 4.78 is 0. The van der Waals surface area contributed by atoms with Crippen LogP contribution in [-0.4, -0.2) is 44.9 Å². The predicted molar refractivity (Wildman–Crippen MR) is 111 cm³/mol. The molecule has 0 N–H and O–H groups in total. The SMILES string of the molecule is CCN1C(=O)[C@@H]2C(C(=O)c3ccc([N+](=O)[O-])cc3)N3C=Cc4ccccc4C3[C@@H]2C1=O. The monoisotopic (exact) mass is 417 g/mol. The van der Waals surface area contributed by atoms with Crippen LogP contribution in [0.1, 0.15) is 34.5 Å². The van der Waals surface area contributed by atoms with Gasteiger partial charge in [-0.3, -0.25) is 29.4 Å². The Morgan fingerprint density at radius 1 is 1.03 bits per heavy atom. The molecule has 0 aliphatic carbocycles. The van der Waals surface area contributed by atoms with Gasteiger partial charge in [0, 0.05) is 30.4 Å². The maximum atomic E-state index is 13.6. The van der Waals surface area contributed by atoms with Crippen molar-refractivity contribution in [2.24, 2.45) is 11.8 Å². The zero-order chi connectivity index (χ0) is 21.9. The fourth-order valence-corrected chi connectivity index (χ4v) is 5.15. The second-order valence-corrected chi connectivity index (χ2v) is 7.92. The Bertz CT molecular complexity index is 1160. The summed E-state index contributed by atoms with van der Waals surface area (Å²) in [6.45, 7) is 2.00. The number of likely N-dealkylation sites (tertiary alicyclic amines) is 1. The molecule has 3 aliphatic heterocycles. The summed E-state index contributed by atoms with van der Waals surface area (Å²) in [6.07, 6.45) is 3.67. The second kappa shape index (κ2) is 6.87. The summed E-state index contributed by atoms with van der Waals surface area (Å²) in [5.74, 6) is -2.35. The predicted octanol–water partition coefficient (Wildman–Crippen LogP) is 2.81. The molecule has 0 aromatic heterocycles. The van der Waals surface area contributed by atoms with Gasteiger partial charge in [0.05, 0.1) is 22.8 Å². The van der Waals surface area contributed by atoms with Crippen molar-refractivity contribution in [3.8, 4) is 0 Å². The summed E-state index contributed by atoms with van der Waals surface area (Å²) in [4.78, 5) is 53.4. The molecule has 0 spiro atoms. The standard InChI is InChI=1S/C23H19N3O5/c1-2-24-22(28)17-18(23(24)29)20(21(27)14-7-9-15(10-8-14)26(30)31)25-12-11-13-5-3-4-6-16(13)19(17)25/h3-12,17-20H,2H2,1H3/t17-,18+,19?,20?/m1/s1. The van der Waals surface area contributed by atoms with Crippen LogP contribution in [0.4, 0.5) is 5.69 Å². The number of hydrogen-bond donors (Lipinski definition) is 0. The van der Waals surface area contributed by atoms with Gasteiger partial charge in [0.25, 0.3) is 5.69 Å². The molecule has 8 nitrogen and oxygen atoms in total. The van der Waals surface area contributed by atoms with Gasteiger partial charge in [0.15, 0.2) is 5.78 Å². The van der Waals surface area contributed by atoms with Crippen molar-refractivity contribution in [2.45, 2.75) is 19.0 Å². The number of nitro benzene ring substituents is 1. The molecule has 2 aromatic carbocycles. The zero-order valence-electron chi connectivity index (χ0n) is 16.7. The maximum absolute atomic E-state index is 13.6. The lowest BCUT2D eigenvalue weighted by Gasteiger charge is -2.35. The number of amides is 2. The number of imide groups is 1. The van der Waals surface area contributed by atoms with Gasteiger partial charge >= 0.3 is 0 Å². The highest BCUT2D eigenvalue weighted by atomic mass is 16.6. The van der Waals surface area contributed by atoms with Crippen molar-refractivity contribution in [3.05, 3.63) is 81.5 Å². The molecule has 0 saturated carbocycles. The normalized spacial score (nSPS) is 26.0. The van der Waals surface area contributed by atoms with Gasteiger partial charge in [0.2, 0.25) is 11.8 Å². The Balaban J connectivity index is 1.61. The number of nitrogens with zero attached hydrogens (tertiary/aromatic N) is 3. The van der Waals surface area contributed by atoms with Gasteiger partial charge < -0.3 is 4.90 Å². The van der Waals surface area contributed by atoms with Crippen molar-refractivity contribution in [2.75, 3.05) is 6.54 Å². The van der Waals surface area contributed by atoms with Gasteiger partial charge in [-0.25, -0.2) is 0 Å². The van der Waals surface area contributed by atoms with Crippen LogP contribution in [0.3, 0.4) is 0 Å². The highest BCUT2D eigenvalue weighted by Gasteiger charge is 2.63. The van der Waals surface area contributed by atoms with Crippen molar-refractivity contribution >= 4 is 29.4 Å². The molecule has 0 bridgehead atoms. The largest absolute Gasteiger partial charge is 0.358 e. The van der Waals surface area contributed by atoms with Gasteiger partial charge in [-0.2, -0.15) is 0 Å². The smallest absolute Gasteiger partial charge is 0.269 e. The van der Waals surface area contributed by atoms with E-state index in [2.05, 4.69) is 0 Å². The lowest BCUT2D eigenvalue weighted by atomic mass is 9.83. The highest BCUT2D eigenvalue weighted by molar-refractivity contribution is 6.12. The van der Waals surface area contributed by atoms with Gasteiger partial charge in [-0.1, -0.05) is 24.3 Å². The Kier molecular flexibility index (Phi) is 4.25. The van der Waals surface area contributed by atoms with E-state index in [0.29, 0.717) is 0 Å². The van der Waals surface area contributed by atoms with Crippen LogP contribution in [0.15, 0.2) is 54.7 Å². The third kappa shape index (κ3) is 2.64. The lowest BCUT2D eigenvalue weighted by molar-refractivity contribution is -0.384. The molecule has 2 fully saturated rings.